The van der Waals surface area contributed by atoms with Crippen LogP contribution in [0.25, 0.3) is 17.3 Å². The first-order valence-electron chi connectivity index (χ1n) is 11.9. The summed E-state index contributed by atoms with van der Waals surface area (Å²) >= 11 is 1.05. The van der Waals surface area contributed by atoms with E-state index in [0.29, 0.717) is 38.7 Å². The Morgan fingerprint density at radius 2 is 1.62 bits per heavy atom. The number of carbonyl (C=O) groups is 1. The molecule has 39 heavy (non-hydrogen) atoms. The molecule has 4 aromatic rings. The van der Waals surface area contributed by atoms with Crippen LogP contribution in [0.5, 0.6) is 17.2 Å². The van der Waals surface area contributed by atoms with Gasteiger partial charge in [0.05, 0.1) is 31.5 Å². The van der Waals surface area contributed by atoms with Crippen LogP contribution < -0.4 is 34.3 Å². The highest BCUT2D eigenvalue weighted by molar-refractivity contribution is 7.07. The van der Waals surface area contributed by atoms with Crippen LogP contribution >= 0.6 is 11.3 Å². The highest BCUT2D eigenvalue weighted by Gasteiger charge is 2.18. The van der Waals surface area contributed by atoms with E-state index in [1.165, 1.54) is 25.9 Å². The Kier molecular flexibility index (Phi) is 8.18. The molecular weight excluding hydrogens is 514 g/mol. The van der Waals surface area contributed by atoms with Crippen LogP contribution in [0.4, 0.5) is 5.69 Å². The monoisotopic (exact) mass is 541 g/mol. The second-order valence-electron chi connectivity index (χ2n) is 8.66. The first-order chi connectivity index (χ1) is 18.8. The van der Waals surface area contributed by atoms with E-state index in [-0.39, 0.29) is 15.8 Å². The Bertz CT molecular complexity index is 1740. The second-order valence-corrected chi connectivity index (χ2v) is 9.69. The van der Waals surface area contributed by atoms with Crippen LogP contribution in [0.2, 0.25) is 0 Å². The third kappa shape index (κ3) is 5.71. The summed E-state index contributed by atoms with van der Waals surface area (Å²) in [5, 5.41) is 12.8. The summed E-state index contributed by atoms with van der Waals surface area (Å²) in [5.74, 6) is 0.680. The van der Waals surface area contributed by atoms with E-state index >= 15 is 0 Å². The SMILES string of the molecule is COc1cc(/C=c2/s/c(=C(/C#N)C(=O)Nc3cccc(C)c3)n(-c3ccc(C)cc3)c2=O)cc(OC)c1OC. The number of anilines is 1. The van der Waals surface area contributed by atoms with Crippen molar-refractivity contribution < 1.29 is 19.0 Å². The van der Waals surface area contributed by atoms with Gasteiger partial charge in [-0.05, 0) is 67.4 Å². The van der Waals surface area contributed by atoms with Gasteiger partial charge in [0, 0.05) is 5.69 Å². The molecule has 0 unspecified atom stereocenters. The lowest BCUT2D eigenvalue weighted by molar-refractivity contribution is -0.111. The van der Waals surface area contributed by atoms with Crippen molar-refractivity contribution in [2.45, 2.75) is 13.8 Å². The lowest BCUT2D eigenvalue weighted by Crippen LogP contribution is -2.32. The molecule has 1 heterocycles. The first kappa shape index (κ1) is 27.2. The van der Waals surface area contributed by atoms with E-state index in [9.17, 15) is 14.9 Å². The number of benzene rings is 3. The summed E-state index contributed by atoms with van der Waals surface area (Å²) in [6.07, 6.45) is 1.67. The van der Waals surface area contributed by atoms with Gasteiger partial charge in [-0.2, -0.15) is 5.26 Å². The Morgan fingerprint density at radius 1 is 0.949 bits per heavy atom. The van der Waals surface area contributed by atoms with Gasteiger partial charge >= 0.3 is 0 Å². The minimum Gasteiger partial charge on any atom is -0.493 e. The van der Waals surface area contributed by atoms with Gasteiger partial charge in [-0.1, -0.05) is 29.8 Å². The van der Waals surface area contributed by atoms with Gasteiger partial charge in [0.2, 0.25) is 5.75 Å². The minimum atomic E-state index is -0.607. The van der Waals surface area contributed by atoms with E-state index in [1.54, 1.807) is 42.5 Å². The number of hydrogen-bond donors (Lipinski definition) is 1. The van der Waals surface area contributed by atoms with Crippen LogP contribution in [-0.2, 0) is 4.79 Å². The highest BCUT2D eigenvalue weighted by Crippen LogP contribution is 2.38. The molecule has 0 fully saturated rings. The number of methoxy groups -OCH3 is 3. The van der Waals surface area contributed by atoms with E-state index in [2.05, 4.69) is 5.32 Å². The first-order valence-corrected chi connectivity index (χ1v) is 12.7. The maximum atomic E-state index is 13.8. The number of nitriles is 1. The zero-order valence-corrected chi connectivity index (χ0v) is 23.0. The average Bonchev–Trinajstić information content (AvgIpc) is 3.23. The van der Waals surface area contributed by atoms with Crippen molar-refractivity contribution in [2.24, 2.45) is 0 Å². The van der Waals surface area contributed by atoms with Crippen molar-refractivity contribution in [1.29, 1.82) is 5.26 Å². The topological polar surface area (TPSA) is 103 Å². The lowest BCUT2D eigenvalue weighted by Gasteiger charge is -2.12. The predicted octanol–water partition coefficient (Wildman–Crippen LogP) is 3.68. The summed E-state index contributed by atoms with van der Waals surface area (Å²) in [4.78, 5) is 27.0. The molecule has 0 aliphatic heterocycles. The molecule has 3 aromatic carbocycles. The molecule has 4 rings (SSSR count). The number of nitrogens with one attached hydrogen (secondary N) is 1. The molecule has 0 radical (unpaired) electrons. The summed E-state index contributed by atoms with van der Waals surface area (Å²) < 4.78 is 18.2. The molecular formula is C30H27N3O5S. The molecule has 0 aliphatic rings. The van der Waals surface area contributed by atoms with Crippen LogP contribution in [0.3, 0.4) is 0 Å². The number of aromatic nitrogens is 1. The van der Waals surface area contributed by atoms with E-state index in [1.807, 2.05) is 44.2 Å². The molecule has 0 bridgehead atoms. The number of nitrogens with zero attached hydrogens (tertiary/aromatic N) is 2. The van der Waals surface area contributed by atoms with E-state index < -0.39 is 5.91 Å². The second kappa shape index (κ2) is 11.7. The summed E-state index contributed by atoms with van der Waals surface area (Å²) in [6, 6.07) is 20.0. The number of rotatable bonds is 7. The van der Waals surface area contributed by atoms with Gasteiger partial charge in [0.25, 0.3) is 11.5 Å². The van der Waals surface area contributed by atoms with Crippen molar-refractivity contribution >= 4 is 34.6 Å². The summed E-state index contributed by atoms with van der Waals surface area (Å²) in [6.45, 7) is 3.84. The molecule has 0 atom stereocenters. The van der Waals surface area contributed by atoms with Gasteiger partial charge in [-0.3, -0.25) is 14.2 Å². The molecule has 8 nitrogen and oxygen atoms in total. The number of aryl methyl sites for hydroxylation is 2. The van der Waals surface area contributed by atoms with Crippen LogP contribution in [0.15, 0.2) is 65.5 Å². The molecule has 0 spiro atoms. The van der Waals surface area contributed by atoms with E-state index in [4.69, 9.17) is 14.2 Å². The molecule has 1 N–H and O–H groups in total. The van der Waals surface area contributed by atoms with Crippen molar-refractivity contribution in [3.63, 3.8) is 0 Å². The predicted molar refractivity (Wildman–Crippen MR) is 152 cm³/mol. The van der Waals surface area contributed by atoms with Crippen molar-refractivity contribution in [3.8, 4) is 29.0 Å². The van der Waals surface area contributed by atoms with E-state index in [0.717, 1.165) is 22.5 Å². The largest absolute Gasteiger partial charge is 0.493 e. The van der Waals surface area contributed by atoms with Crippen LogP contribution in [0.1, 0.15) is 16.7 Å². The number of carbonyl (C=O) groups excluding carboxylic acids is 1. The lowest BCUT2D eigenvalue weighted by atomic mass is 10.1. The molecule has 9 heteroatoms. The normalized spacial score (nSPS) is 11.9. The number of hydrogen-bond acceptors (Lipinski definition) is 7. The molecule has 0 saturated carbocycles. The van der Waals surface area contributed by atoms with Gasteiger partial charge in [-0.25, -0.2) is 0 Å². The maximum Gasteiger partial charge on any atom is 0.273 e. The quantitative estimate of drug-likeness (QED) is 0.383. The van der Waals surface area contributed by atoms with Crippen molar-refractivity contribution in [3.05, 3.63) is 96.9 Å². The number of amides is 1. The summed E-state index contributed by atoms with van der Waals surface area (Å²) in [7, 11) is 4.53. The van der Waals surface area contributed by atoms with Crippen molar-refractivity contribution in [2.75, 3.05) is 26.6 Å². The molecule has 0 saturated heterocycles. The highest BCUT2D eigenvalue weighted by atomic mass is 32.1. The van der Waals surface area contributed by atoms with Crippen LogP contribution in [0, 0.1) is 25.2 Å². The Morgan fingerprint density at radius 3 is 2.18 bits per heavy atom. The van der Waals surface area contributed by atoms with Crippen molar-refractivity contribution in [1.82, 2.24) is 4.57 Å². The van der Waals surface area contributed by atoms with Gasteiger partial charge in [-0.15, -0.1) is 11.3 Å². The minimum absolute atomic E-state index is 0.177. The fourth-order valence-electron chi connectivity index (χ4n) is 4.03. The average molecular weight is 542 g/mol. The standard InChI is InChI=1S/C30H27N3O5S/c1-18-9-11-22(12-10-18)33-29(35)26(16-20-14-24(36-3)27(38-5)25(15-20)37-4)39-30(33)23(17-31)28(34)32-21-8-6-7-19(2)13-21/h6-16H,1-5H3,(H,32,34)/b26-16+,30-23-. The zero-order valence-electron chi connectivity index (χ0n) is 22.2. The Balaban J connectivity index is 1.98. The third-order valence-electron chi connectivity index (χ3n) is 5.93. The number of ether oxygens (including phenoxy) is 3. The Hall–Kier alpha value is -4.81. The smallest absolute Gasteiger partial charge is 0.273 e. The third-order valence-corrected chi connectivity index (χ3v) is 7.02. The van der Waals surface area contributed by atoms with Gasteiger partial charge in [0.15, 0.2) is 17.1 Å². The summed E-state index contributed by atoms with van der Waals surface area (Å²) in [5.41, 5.74) is 3.13. The number of thiazole rings is 1. The van der Waals surface area contributed by atoms with Gasteiger partial charge in [0.1, 0.15) is 10.7 Å². The van der Waals surface area contributed by atoms with Gasteiger partial charge < -0.3 is 19.5 Å². The van der Waals surface area contributed by atoms with Crippen LogP contribution in [-0.4, -0.2) is 31.8 Å². The zero-order chi connectivity index (χ0) is 28.1. The maximum absolute atomic E-state index is 13.8. The fraction of sp³-hybridized carbons (Fsp3) is 0.167. The molecule has 1 amide bonds. The molecule has 0 aliphatic carbocycles. The fourth-order valence-corrected chi connectivity index (χ4v) is 5.13. The Labute approximate surface area is 229 Å². The molecule has 1 aromatic heterocycles. The molecule has 198 valence electrons.